The molecular formula is C16H22N2O8. The molecule has 1 heterocycles. The maximum atomic E-state index is 11.8. The van der Waals surface area contributed by atoms with Gasteiger partial charge in [-0.05, 0) is 5.56 Å². The van der Waals surface area contributed by atoms with Crippen LogP contribution in [0, 0.1) is 0 Å². The Morgan fingerprint density at radius 2 is 1.77 bits per heavy atom. The lowest BCUT2D eigenvalue weighted by Gasteiger charge is -2.40. The number of carbonyl (C=O) groups excluding carboxylic acids is 2. The number of aliphatic hydroxyl groups is 4. The zero-order valence-electron chi connectivity index (χ0n) is 13.8. The minimum absolute atomic E-state index is 0.0427. The van der Waals surface area contributed by atoms with Crippen molar-refractivity contribution in [1.29, 1.82) is 0 Å². The zero-order chi connectivity index (χ0) is 19.1. The predicted molar refractivity (Wildman–Crippen MR) is 86.5 cm³/mol. The summed E-state index contributed by atoms with van der Waals surface area (Å²) in [5.41, 5.74) is 0.786. The second kappa shape index (κ2) is 9.46. The van der Waals surface area contributed by atoms with Crippen molar-refractivity contribution in [2.24, 2.45) is 0 Å². The van der Waals surface area contributed by atoms with Crippen molar-refractivity contribution in [3.8, 4) is 0 Å². The monoisotopic (exact) mass is 370 g/mol. The Morgan fingerprint density at radius 3 is 2.42 bits per heavy atom. The summed E-state index contributed by atoms with van der Waals surface area (Å²) in [6, 6.07) is 8.97. The Hall–Kier alpha value is -2.24. The molecular weight excluding hydrogens is 348 g/mol. The van der Waals surface area contributed by atoms with E-state index in [0.29, 0.717) is 0 Å². The normalized spacial score (nSPS) is 28.2. The fourth-order valence-corrected chi connectivity index (χ4v) is 2.36. The minimum atomic E-state index is -1.60. The van der Waals surface area contributed by atoms with Gasteiger partial charge in [-0.1, -0.05) is 30.3 Å². The maximum absolute atomic E-state index is 11.8. The fraction of sp³-hybridized carbons (Fsp3) is 0.500. The molecule has 0 aliphatic carbocycles. The Labute approximate surface area is 149 Å². The van der Waals surface area contributed by atoms with Gasteiger partial charge in [0.1, 0.15) is 37.6 Å². The first-order valence-corrected chi connectivity index (χ1v) is 7.96. The van der Waals surface area contributed by atoms with E-state index in [0.717, 1.165) is 5.56 Å². The topological polar surface area (TPSA) is 158 Å². The van der Waals surface area contributed by atoms with E-state index < -0.39 is 55.8 Å². The molecule has 1 aliphatic rings. The van der Waals surface area contributed by atoms with Crippen molar-refractivity contribution in [1.82, 2.24) is 10.6 Å². The van der Waals surface area contributed by atoms with Gasteiger partial charge in [-0.15, -0.1) is 0 Å². The van der Waals surface area contributed by atoms with Gasteiger partial charge in [-0.3, -0.25) is 4.79 Å². The van der Waals surface area contributed by atoms with Crippen LogP contribution in [-0.4, -0.2) is 76.2 Å². The Bertz CT molecular complexity index is 597. The molecule has 10 nitrogen and oxygen atoms in total. The summed E-state index contributed by atoms with van der Waals surface area (Å²) in [6.07, 6.45) is -8.01. The molecule has 1 aromatic carbocycles. The first-order valence-electron chi connectivity index (χ1n) is 7.96. The molecule has 0 bridgehead atoms. The molecule has 1 fully saturated rings. The lowest BCUT2D eigenvalue weighted by Crippen LogP contribution is -2.63. The average Bonchev–Trinajstić information content (AvgIpc) is 2.66. The standard InChI is InChI=1S/C16H22N2O8/c19-7-10-12(21)13(22)14(23)15(26-10)18-11(20)6-17-16(24)25-8-9-4-2-1-3-5-9/h1-5,10,12-15,19,21-23H,6-8H2,(H,17,24)(H,18,20)/t10-,12+,13+,14-,15-/m1/s1. The average molecular weight is 370 g/mol. The highest BCUT2D eigenvalue weighted by atomic mass is 16.6. The Morgan fingerprint density at radius 1 is 1.08 bits per heavy atom. The molecule has 144 valence electrons. The van der Waals surface area contributed by atoms with Crippen LogP contribution in [0.25, 0.3) is 0 Å². The van der Waals surface area contributed by atoms with Crippen molar-refractivity contribution in [2.45, 2.75) is 37.3 Å². The number of nitrogens with one attached hydrogen (secondary N) is 2. The van der Waals surface area contributed by atoms with E-state index in [1.807, 2.05) is 6.07 Å². The number of rotatable bonds is 6. The zero-order valence-corrected chi connectivity index (χ0v) is 13.8. The highest BCUT2D eigenvalue weighted by Crippen LogP contribution is 2.19. The van der Waals surface area contributed by atoms with Crippen LogP contribution >= 0.6 is 0 Å². The van der Waals surface area contributed by atoms with E-state index in [1.165, 1.54) is 0 Å². The van der Waals surface area contributed by atoms with Gasteiger partial charge in [0.15, 0.2) is 6.23 Å². The van der Waals surface area contributed by atoms with Gasteiger partial charge in [0.25, 0.3) is 0 Å². The molecule has 26 heavy (non-hydrogen) atoms. The highest BCUT2D eigenvalue weighted by molar-refractivity contribution is 5.82. The van der Waals surface area contributed by atoms with Crippen molar-refractivity contribution in [2.75, 3.05) is 13.2 Å². The van der Waals surface area contributed by atoms with E-state index in [2.05, 4.69) is 10.6 Å². The maximum Gasteiger partial charge on any atom is 0.407 e. The summed E-state index contributed by atoms with van der Waals surface area (Å²) in [7, 11) is 0. The number of alkyl carbamates (subject to hydrolysis) is 1. The smallest absolute Gasteiger partial charge is 0.407 e. The van der Waals surface area contributed by atoms with Gasteiger partial charge in [-0.25, -0.2) is 4.79 Å². The minimum Gasteiger partial charge on any atom is -0.445 e. The highest BCUT2D eigenvalue weighted by Gasteiger charge is 2.43. The van der Waals surface area contributed by atoms with Gasteiger partial charge in [0.05, 0.1) is 6.61 Å². The lowest BCUT2D eigenvalue weighted by molar-refractivity contribution is -0.235. The van der Waals surface area contributed by atoms with Gasteiger partial charge < -0.3 is 40.5 Å². The summed E-state index contributed by atoms with van der Waals surface area (Å²) < 4.78 is 10.1. The lowest BCUT2D eigenvalue weighted by atomic mass is 9.98. The largest absolute Gasteiger partial charge is 0.445 e. The molecule has 1 aliphatic heterocycles. The van der Waals surface area contributed by atoms with Gasteiger partial charge >= 0.3 is 6.09 Å². The number of ether oxygens (including phenoxy) is 2. The van der Waals surface area contributed by atoms with E-state index in [4.69, 9.17) is 14.6 Å². The summed E-state index contributed by atoms with van der Waals surface area (Å²) in [4.78, 5) is 23.4. The predicted octanol–water partition coefficient (Wildman–Crippen LogP) is -2.17. The summed E-state index contributed by atoms with van der Waals surface area (Å²) in [5.74, 6) is -0.717. The molecule has 5 atom stereocenters. The van der Waals surface area contributed by atoms with Crippen LogP contribution in [-0.2, 0) is 20.9 Å². The van der Waals surface area contributed by atoms with Crippen molar-refractivity contribution in [3.63, 3.8) is 0 Å². The third-order valence-electron chi connectivity index (χ3n) is 3.80. The Balaban J connectivity index is 1.74. The second-order valence-corrected chi connectivity index (χ2v) is 5.73. The Kier molecular flexibility index (Phi) is 7.30. The van der Waals surface area contributed by atoms with Crippen LogP contribution in [0.4, 0.5) is 4.79 Å². The summed E-state index contributed by atoms with van der Waals surface area (Å²) in [5, 5.41) is 42.7. The number of amides is 2. The van der Waals surface area contributed by atoms with E-state index in [1.54, 1.807) is 24.3 Å². The molecule has 0 spiro atoms. The first kappa shape index (κ1) is 20.1. The number of carbonyl (C=O) groups is 2. The molecule has 6 N–H and O–H groups in total. The molecule has 1 aromatic rings. The molecule has 2 rings (SSSR count). The van der Waals surface area contributed by atoms with Crippen LogP contribution in [0.5, 0.6) is 0 Å². The molecule has 10 heteroatoms. The number of aliphatic hydroxyl groups excluding tert-OH is 4. The van der Waals surface area contributed by atoms with Crippen LogP contribution in [0.15, 0.2) is 30.3 Å². The van der Waals surface area contributed by atoms with Crippen molar-refractivity contribution < 1.29 is 39.5 Å². The molecule has 2 amide bonds. The molecule has 0 radical (unpaired) electrons. The second-order valence-electron chi connectivity index (χ2n) is 5.73. The summed E-state index contributed by atoms with van der Waals surface area (Å²) >= 11 is 0. The van der Waals surface area contributed by atoms with Crippen LogP contribution in [0.2, 0.25) is 0 Å². The third kappa shape index (κ3) is 5.38. The van der Waals surface area contributed by atoms with Crippen molar-refractivity contribution >= 4 is 12.0 Å². The SMILES string of the molecule is O=C(CNC(=O)OCc1ccccc1)N[C@@H]1O[C@H](CO)[C@H](O)[C@H](O)[C@H]1O. The van der Waals surface area contributed by atoms with Crippen LogP contribution in [0.3, 0.4) is 0 Å². The van der Waals surface area contributed by atoms with E-state index >= 15 is 0 Å². The fourth-order valence-electron chi connectivity index (χ4n) is 2.36. The van der Waals surface area contributed by atoms with E-state index in [-0.39, 0.29) is 6.61 Å². The number of benzene rings is 1. The quantitative estimate of drug-likeness (QED) is 0.330. The summed E-state index contributed by atoms with van der Waals surface area (Å²) in [6.45, 7) is -1.02. The molecule has 1 saturated heterocycles. The van der Waals surface area contributed by atoms with Gasteiger partial charge in [0.2, 0.25) is 5.91 Å². The molecule has 0 aromatic heterocycles. The number of hydrogen-bond donors (Lipinski definition) is 6. The van der Waals surface area contributed by atoms with Crippen molar-refractivity contribution in [3.05, 3.63) is 35.9 Å². The van der Waals surface area contributed by atoms with E-state index in [9.17, 15) is 24.9 Å². The van der Waals surface area contributed by atoms with Crippen LogP contribution in [0.1, 0.15) is 5.56 Å². The van der Waals surface area contributed by atoms with Gasteiger partial charge in [-0.2, -0.15) is 0 Å². The van der Waals surface area contributed by atoms with Gasteiger partial charge in [0, 0.05) is 0 Å². The molecule has 0 saturated carbocycles. The first-order chi connectivity index (χ1) is 12.4. The number of hydrogen-bond acceptors (Lipinski definition) is 8. The molecule has 0 unspecified atom stereocenters. The van der Waals surface area contributed by atoms with Crippen LogP contribution < -0.4 is 10.6 Å². The third-order valence-corrected chi connectivity index (χ3v) is 3.80.